The third-order valence-electron chi connectivity index (χ3n) is 5.11. The normalized spacial score (nSPS) is 18.5. The molecule has 0 bridgehead atoms. The number of ether oxygens (including phenoxy) is 1. The van der Waals surface area contributed by atoms with Crippen molar-refractivity contribution in [3.63, 3.8) is 0 Å². The number of benzene rings is 2. The number of carboxylic acids is 1. The molecule has 5 nitrogen and oxygen atoms in total. The molecule has 26 heavy (non-hydrogen) atoms. The van der Waals surface area contributed by atoms with Crippen molar-refractivity contribution in [1.82, 2.24) is 4.90 Å². The molecule has 1 saturated heterocycles. The molecule has 1 aliphatic carbocycles. The van der Waals surface area contributed by atoms with E-state index in [4.69, 9.17) is 4.74 Å². The number of likely N-dealkylation sites (tertiary alicyclic amines) is 1. The second-order valence-electron chi connectivity index (χ2n) is 6.74. The predicted molar refractivity (Wildman–Crippen MR) is 97.0 cm³/mol. The summed E-state index contributed by atoms with van der Waals surface area (Å²) in [4.78, 5) is 25.1. The molecule has 1 aliphatic heterocycles. The highest BCUT2D eigenvalue weighted by Gasteiger charge is 2.38. The fraction of sp³-hybridized carbons (Fsp3) is 0.238. The Kier molecular flexibility index (Phi) is 3.99. The van der Waals surface area contributed by atoms with E-state index in [2.05, 4.69) is 18.7 Å². The first-order valence-electron chi connectivity index (χ1n) is 8.57. The van der Waals surface area contributed by atoms with E-state index in [9.17, 15) is 14.7 Å². The Morgan fingerprint density at radius 1 is 1.08 bits per heavy atom. The van der Waals surface area contributed by atoms with Crippen LogP contribution in [0.5, 0.6) is 0 Å². The van der Waals surface area contributed by atoms with Gasteiger partial charge in [-0.2, -0.15) is 0 Å². The largest absolute Gasteiger partial charge is 0.480 e. The Morgan fingerprint density at radius 3 is 2.23 bits per heavy atom. The molecule has 2 aromatic carbocycles. The van der Waals surface area contributed by atoms with Crippen molar-refractivity contribution in [3.8, 4) is 11.1 Å². The Bertz CT molecular complexity index is 859. The van der Waals surface area contributed by atoms with Crippen molar-refractivity contribution >= 4 is 12.1 Å². The van der Waals surface area contributed by atoms with Gasteiger partial charge in [-0.3, -0.25) is 4.90 Å². The molecular weight excluding hydrogens is 330 g/mol. The van der Waals surface area contributed by atoms with Crippen LogP contribution in [0.15, 0.2) is 60.7 Å². The quantitative estimate of drug-likeness (QED) is 0.859. The standard InChI is InChI=1S/C21H19NO4/c1-13-10-19(20(23)24)22(11-13)21(25)26-12-18-16-8-4-2-6-14(16)15-7-3-5-9-17(15)18/h2-9,18-19H,1,10-12H2,(H,23,24)/t19-/m0/s1. The summed E-state index contributed by atoms with van der Waals surface area (Å²) in [5.74, 6) is -1.07. The molecule has 0 unspecified atom stereocenters. The molecule has 0 saturated carbocycles. The van der Waals surface area contributed by atoms with Crippen LogP contribution in [0.1, 0.15) is 23.5 Å². The number of rotatable bonds is 3. The van der Waals surface area contributed by atoms with E-state index in [0.717, 1.165) is 27.8 Å². The second-order valence-corrected chi connectivity index (χ2v) is 6.74. The van der Waals surface area contributed by atoms with Gasteiger partial charge in [-0.1, -0.05) is 60.7 Å². The Balaban J connectivity index is 1.54. The average molecular weight is 349 g/mol. The molecule has 2 aromatic rings. The maximum absolute atomic E-state index is 12.5. The molecule has 0 spiro atoms. The first-order chi connectivity index (χ1) is 12.6. The lowest BCUT2D eigenvalue weighted by molar-refractivity contribution is -0.141. The van der Waals surface area contributed by atoms with Gasteiger partial charge >= 0.3 is 12.1 Å². The van der Waals surface area contributed by atoms with Crippen LogP contribution in [0.2, 0.25) is 0 Å². The summed E-state index contributed by atoms with van der Waals surface area (Å²) >= 11 is 0. The number of amides is 1. The minimum absolute atomic E-state index is 0.0413. The van der Waals surface area contributed by atoms with E-state index < -0.39 is 18.1 Å². The van der Waals surface area contributed by atoms with Gasteiger partial charge in [0.2, 0.25) is 0 Å². The van der Waals surface area contributed by atoms with Gasteiger partial charge in [-0.05, 0) is 22.3 Å². The maximum atomic E-state index is 12.5. The van der Waals surface area contributed by atoms with Gasteiger partial charge in [0.05, 0.1) is 0 Å². The van der Waals surface area contributed by atoms with Crippen molar-refractivity contribution in [3.05, 3.63) is 71.8 Å². The highest BCUT2D eigenvalue weighted by atomic mass is 16.6. The number of carboxylic acid groups (broad SMARTS) is 1. The second kappa shape index (κ2) is 6.33. The monoisotopic (exact) mass is 349 g/mol. The first kappa shape index (κ1) is 16.4. The number of hydrogen-bond donors (Lipinski definition) is 1. The van der Waals surface area contributed by atoms with Crippen LogP contribution in [0.25, 0.3) is 11.1 Å². The fourth-order valence-electron chi connectivity index (χ4n) is 3.89. The zero-order valence-corrected chi connectivity index (χ0v) is 14.2. The molecule has 2 aliphatic rings. The zero-order chi connectivity index (χ0) is 18.3. The maximum Gasteiger partial charge on any atom is 0.410 e. The Labute approximate surface area is 151 Å². The van der Waals surface area contributed by atoms with Gasteiger partial charge < -0.3 is 9.84 Å². The van der Waals surface area contributed by atoms with Crippen LogP contribution in [0.4, 0.5) is 4.79 Å². The zero-order valence-electron chi connectivity index (χ0n) is 14.2. The van der Waals surface area contributed by atoms with Crippen molar-refractivity contribution in [2.24, 2.45) is 0 Å². The Morgan fingerprint density at radius 2 is 1.65 bits per heavy atom. The summed E-state index contributed by atoms with van der Waals surface area (Å²) in [7, 11) is 0. The molecular formula is C21H19NO4. The van der Waals surface area contributed by atoms with Crippen LogP contribution < -0.4 is 0 Å². The lowest BCUT2D eigenvalue weighted by Crippen LogP contribution is -2.41. The third kappa shape index (κ3) is 2.65. The minimum atomic E-state index is -1.03. The number of nitrogens with zero attached hydrogens (tertiary/aromatic N) is 1. The molecule has 1 heterocycles. The highest BCUT2D eigenvalue weighted by molar-refractivity contribution is 5.82. The number of carbonyl (C=O) groups is 2. The molecule has 1 atom stereocenters. The van der Waals surface area contributed by atoms with E-state index in [1.54, 1.807) is 0 Å². The molecule has 132 valence electrons. The smallest absolute Gasteiger partial charge is 0.410 e. The van der Waals surface area contributed by atoms with Gasteiger partial charge in [0, 0.05) is 18.9 Å². The average Bonchev–Trinajstić information content (AvgIpc) is 3.18. The van der Waals surface area contributed by atoms with Crippen LogP contribution in [0.3, 0.4) is 0 Å². The molecule has 1 fully saturated rings. The summed E-state index contributed by atoms with van der Waals surface area (Å²) in [5.41, 5.74) is 5.29. The van der Waals surface area contributed by atoms with E-state index in [1.807, 2.05) is 36.4 Å². The Hall–Kier alpha value is -3.08. The molecule has 5 heteroatoms. The van der Waals surface area contributed by atoms with Crippen LogP contribution in [-0.4, -0.2) is 41.3 Å². The molecule has 1 amide bonds. The number of hydrogen-bond acceptors (Lipinski definition) is 3. The first-order valence-corrected chi connectivity index (χ1v) is 8.57. The summed E-state index contributed by atoms with van der Waals surface area (Å²) in [5, 5.41) is 9.30. The van der Waals surface area contributed by atoms with Crippen molar-refractivity contribution in [2.45, 2.75) is 18.4 Å². The fourth-order valence-corrected chi connectivity index (χ4v) is 3.89. The van der Waals surface area contributed by atoms with E-state index in [1.165, 1.54) is 4.90 Å². The number of aliphatic carboxylic acids is 1. The van der Waals surface area contributed by atoms with Crippen molar-refractivity contribution < 1.29 is 19.4 Å². The lowest BCUT2D eigenvalue weighted by Gasteiger charge is -2.22. The highest BCUT2D eigenvalue weighted by Crippen LogP contribution is 2.44. The number of carbonyl (C=O) groups excluding carboxylic acids is 1. The SMILES string of the molecule is C=C1C[C@@H](C(=O)O)N(C(=O)OCC2c3ccccc3-c3ccccc32)C1. The number of fused-ring (bicyclic) bond motifs is 3. The van der Waals surface area contributed by atoms with E-state index in [0.29, 0.717) is 0 Å². The molecule has 4 rings (SSSR count). The van der Waals surface area contributed by atoms with Gasteiger partial charge in [0.1, 0.15) is 12.6 Å². The van der Waals surface area contributed by atoms with E-state index >= 15 is 0 Å². The van der Waals surface area contributed by atoms with Gasteiger partial charge in [0.25, 0.3) is 0 Å². The van der Waals surface area contributed by atoms with Crippen molar-refractivity contribution in [1.29, 1.82) is 0 Å². The van der Waals surface area contributed by atoms with Gasteiger partial charge in [-0.25, -0.2) is 9.59 Å². The molecule has 1 N–H and O–H groups in total. The lowest BCUT2D eigenvalue weighted by atomic mass is 9.98. The van der Waals surface area contributed by atoms with Crippen molar-refractivity contribution in [2.75, 3.05) is 13.2 Å². The topological polar surface area (TPSA) is 66.8 Å². The van der Waals surface area contributed by atoms with Crippen LogP contribution in [-0.2, 0) is 9.53 Å². The van der Waals surface area contributed by atoms with E-state index in [-0.39, 0.29) is 25.5 Å². The summed E-state index contributed by atoms with van der Waals surface area (Å²) < 4.78 is 5.53. The predicted octanol–water partition coefficient (Wildman–Crippen LogP) is 3.65. The minimum Gasteiger partial charge on any atom is -0.480 e. The van der Waals surface area contributed by atoms with Gasteiger partial charge in [0.15, 0.2) is 0 Å². The van der Waals surface area contributed by atoms with Crippen LogP contribution in [0, 0.1) is 0 Å². The summed E-state index contributed by atoms with van der Waals surface area (Å²) in [6.45, 7) is 4.22. The summed E-state index contributed by atoms with van der Waals surface area (Å²) in [6.07, 6.45) is -0.322. The van der Waals surface area contributed by atoms with Crippen LogP contribution >= 0.6 is 0 Å². The molecule has 0 radical (unpaired) electrons. The van der Waals surface area contributed by atoms with Gasteiger partial charge in [-0.15, -0.1) is 0 Å². The summed E-state index contributed by atoms with van der Waals surface area (Å²) in [6, 6.07) is 15.3. The third-order valence-corrected chi connectivity index (χ3v) is 5.11. The molecule has 0 aromatic heterocycles.